The molecular weight excluding hydrogens is 260 g/mol. The smallest absolute Gasteiger partial charge is 0.150 e. The van der Waals surface area contributed by atoms with E-state index in [4.69, 9.17) is 11.6 Å². The van der Waals surface area contributed by atoms with Gasteiger partial charge in [0.25, 0.3) is 0 Å². The molecule has 0 saturated heterocycles. The lowest BCUT2D eigenvalue weighted by Crippen LogP contribution is -2.14. The molecule has 0 aliphatic carbocycles. The summed E-state index contributed by atoms with van der Waals surface area (Å²) < 4.78 is 22.8. The van der Waals surface area contributed by atoms with E-state index in [2.05, 4.69) is 0 Å². The molecule has 0 aromatic heterocycles. The van der Waals surface area contributed by atoms with Gasteiger partial charge < -0.3 is 5.11 Å². The van der Waals surface area contributed by atoms with E-state index in [9.17, 15) is 13.5 Å². The molecule has 1 aromatic rings. The van der Waals surface area contributed by atoms with E-state index in [0.717, 1.165) is 5.56 Å². The molecular formula is C12H17ClO3S. The monoisotopic (exact) mass is 276 g/mol. The van der Waals surface area contributed by atoms with Gasteiger partial charge in [-0.15, -0.1) is 0 Å². The number of hydrogen-bond acceptors (Lipinski definition) is 3. The molecule has 1 unspecified atom stereocenters. The topological polar surface area (TPSA) is 54.4 Å². The highest BCUT2D eigenvalue weighted by Gasteiger charge is 2.17. The highest BCUT2D eigenvalue weighted by Crippen LogP contribution is 2.26. The fraction of sp³-hybridized carbons (Fsp3) is 0.500. The number of halogens is 1. The Hall–Kier alpha value is -0.580. The molecule has 0 bridgehead atoms. The van der Waals surface area contributed by atoms with Crippen molar-refractivity contribution in [3.63, 3.8) is 0 Å². The van der Waals surface area contributed by atoms with Crippen molar-refractivity contribution in [2.45, 2.75) is 19.3 Å². The van der Waals surface area contributed by atoms with Crippen LogP contribution in [0.2, 0.25) is 5.02 Å². The second-order valence-corrected chi connectivity index (χ2v) is 6.81. The first-order valence-corrected chi connectivity index (χ1v) is 7.75. The van der Waals surface area contributed by atoms with Crippen molar-refractivity contribution in [3.05, 3.63) is 34.9 Å². The van der Waals surface area contributed by atoms with Gasteiger partial charge in [0.15, 0.2) is 0 Å². The summed E-state index contributed by atoms with van der Waals surface area (Å²) in [5.41, 5.74) is 0.808. The molecule has 1 atom stereocenters. The van der Waals surface area contributed by atoms with Crippen LogP contribution in [0.1, 0.15) is 24.8 Å². The third-order valence-corrected chi connectivity index (χ3v) is 4.86. The van der Waals surface area contributed by atoms with Crippen LogP contribution in [0.15, 0.2) is 24.3 Å². The highest BCUT2D eigenvalue weighted by molar-refractivity contribution is 7.91. The minimum atomic E-state index is -3.00. The predicted octanol–water partition coefficient (Wildman–Crippen LogP) is 2.24. The lowest BCUT2D eigenvalue weighted by Gasteiger charge is -2.15. The van der Waals surface area contributed by atoms with Gasteiger partial charge in [0.2, 0.25) is 0 Å². The normalized spacial score (nSPS) is 13.6. The quantitative estimate of drug-likeness (QED) is 0.867. The third kappa shape index (κ3) is 4.30. The maximum Gasteiger partial charge on any atom is 0.150 e. The molecule has 1 rings (SSSR count). The Balaban J connectivity index is 2.77. The molecule has 0 radical (unpaired) electrons. The summed E-state index contributed by atoms with van der Waals surface area (Å²) in [5.74, 6) is -0.00168. The molecule has 0 heterocycles. The van der Waals surface area contributed by atoms with Crippen molar-refractivity contribution >= 4 is 21.4 Å². The van der Waals surface area contributed by atoms with E-state index in [1.54, 1.807) is 13.0 Å². The van der Waals surface area contributed by atoms with Gasteiger partial charge in [0, 0.05) is 16.7 Å². The summed E-state index contributed by atoms with van der Waals surface area (Å²) in [6.07, 6.45) is 0.399. The summed E-state index contributed by atoms with van der Waals surface area (Å²) in [6, 6.07) is 7.21. The number of aliphatic hydroxyl groups excluding tert-OH is 1. The first-order valence-electron chi connectivity index (χ1n) is 5.56. The Kier molecular flexibility index (Phi) is 5.43. The van der Waals surface area contributed by atoms with Crippen molar-refractivity contribution in [1.82, 2.24) is 0 Å². The maximum absolute atomic E-state index is 11.4. The van der Waals surface area contributed by atoms with E-state index in [0.29, 0.717) is 11.4 Å². The molecule has 1 aromatic carbocycles. The van der Waals surface area contributed by atoms with Gasteiger partial charge in [-0.2, -0.15) is 0 Å². The van der Waals surface area contributed by atoms with Crippen LogP contribution in [0.4, 0.5) is 0 Å². The number of hydrogen-bond donors (Lipinski definition) is 1. The minimum absolute atomic E-state index is 0.0833. The lowest BCUT2D eigenvalue weighted by molar-refractivity contribution is 0.262. The van der Waals surface area contributed by atoms with Gasteiger partial charge in [-0.05, 0) is 18.1 Å². The van der Waals surface area contributed by atoms with Crippen molar-refractivity contribution < 1.29 is 13.5 Å². The maximum atomic E-state index is 11.4. The highest BCUT2D eigenvalue weighted by atomic mass is 35.5. The zero-order chi connectivity index (χ0) is 12.9. The summed E-state index contributed by atoms with van der Waals surface area (Å²) in [4.78, 5) is 0. The molecule has 3 nitrogen and oxygen atoms in total. The molecule has 17 heavy (non-hydrogen) atoms. The van der Waals surface area contributed by atoms with Gasteiger partial charge in [-0.25, -0.2) is 8.42 Å². The van der Waals surface area contributed by atoms with Crippen LogP contribution in [0.5, 0.6) is 0 Å². The average molecular weight is 277 g/mol. The van der Waals surface area contributed by atoms with E-state index in [-0.39, 0.29) is 24.0 Å². The number of benzene rings is 1. The number of rotatable bonds is 6. The minimum Gasteiger partial charge on any atom is -0.396 e. The van der Waals surface area contributed by atoms with E-state index < -0.39 is 9.84 Å². The Bertz CT molecular complexity index is 457. The zero-order valence-electron chi connectivity index (χ0n) is 9.77. The molecule has 0 amide bonds. The Labute approximate surface area is 107 Å². The van der Waals surface area contributed by atoms with E-state index in [1.165, 1.54) is 0 Å². The van der Waals surface area contributed by atoms with E-state index in [1.807, 2.05) is 18.2 Å². The Morgan fingerprint density at radius 3 is 2.53 bits per heavy atom. The summed E-state index contributed by atoms with van der Waals surface area (Å²) in [6.45, 7) is 1.53. The fourth-order valence-corrected chi connectivity index (χ4v) is 2.84. The van der Waals surface area contributed by atoms with Crippen LogP contribution < -0.4 is 0 Å². The van der Waals surface area contributed by atoms with Crippen LogP contribution in [0, 0.1) is 0 Å². The first kappa shape index (κ1) is 14.5. The molecule has 0 aliphatic heterocycles. The van der Waals surface area contributed by atoms with Crippen LogP contribution >= 0.6 is 11.6 Å². The average Bonchev–Trinajstić information content (AvgIpc) is 2.32. The van der Waals surface area contributed by atoms with Crippen molar-refractivity contribution in [1.29, 1.82) is 0 Å². The summed E-state index contributed by atoms with van der Waals surface area (Å²) in [5, 5.41) is 9.89. The number of sulfone groups is 1. The van der Waals surface area contributed by atoms with Gasteiger partial charge in [0.05, 0.1) is 12.4 Å². The molecule has 0 saturated carbocycles. The lowest BCUT2D eigenvalue weighted by atomic mass is 9.97. The molecule has 0 spiro atoms. The second-order valence-electron chi connectivity index (χ2n) is 3.93. The van der Waals surface area contributed by atoms with E-state index >= 15 is 0 Å². The van der Waals surface area contributed by atoms with Gasteiger partial charge in [-0.3, -0.25) is 0 Å². The van der Waals surface area contributed by atoms with Gasteiger partial charge in [0.1, 0.15) is 9.84 Å². The second kappa shape index (κ2) is 6.38. The largest absolute Gasteiger partial charge is 0.396 e. The summed E-state index contributed by atoms with van der Waals surface area (Å²) in [7, 11) is -3.00. The molecule has 5 heteroatoms. The van der Waals surface area contributed by atoms with Crippen LogP contribution in [-0.4, -0.2) is 31.6 Å². The number of aliphatic hydroxyl groups is 1. The van der Waals surface area contributed by atoms with Gasteiger partial charge >= 0.3 is 0 Å². The van der Waals surface area contributed by atoms with Crippen LogP contribution in [0.25, 0.3) is 0 Å². The first-order chi connectivity index (χ1) is 8.00. The van der Waals surface area contributed by atoms with Crippen molar-refractivity contribution in [3.8, 4) is 0 Å². The van der Waals surface area contributed by atoms with Crippen molar-refractivity contribution in [2.24, 2.45) is 0 Å². The SMILES string of the molecule is CCS(=O)(=O)CCC(CO)c1ccccc1Cl. The molecule has 96 valence electrons. The summed E-state index contributed by atoms with van der Waals surface area (Å²) >= 11 is 6.02. The molecule has 0 fully saturated rings. The van der Waals surface area contributed by atoms with Gasteiger partial charge in [-0.1, -0.05) is 36.7 Å². The molecule has 1 N–H and O–H groups in total. The standard InChI is InChI=1S/C12H17ClO3S/c1-2-17(15,16)8-7-10(9-14)11-5-3-4-6-12(11)13/h3-6,10,14H,2,7-9H2,1H3. The Morgan fingerprint density at radius 1 is 1.35 bits per heavy atom. The zero-order valence-corrected chi connectivity index (χ0v) is 11.3. The predicted molar refractivity (Wildman–Crippen MR) is 70.2 cm³/mol. The third-order valence-electron chi connectivity index (χ3n) is 2.78. The van der Waals surface area contributed by atoms with Crippen LogP contribution in [-0.2, 0) is 9.84 Å². The molecule has 0 aliphatic rings. The van der Waals surface area contributed by atoms with Crippen molar-refractivity contribution in [2.75, 3.05) is 18.1 Å². The van der Waals surface area contributed by atoms with Crippen LogP contribution in [0.3, 0.4) is 0 Å². The fourth-order valence-electron chi connectivity index (χ4n) is 1.62. The Morgan fingerprint density at radius 2 is 2.00 bits per heavy atom.